The van der Waals surface area contributed by atoms with Crippen LogP contribution in [0.2, 0.25) is 0 Å². The van der Waals surface area contributed by atoms with Crippen molar-refractivity contribution < 1.29 is 4.79 Å². The Hall–Kier alpha value is -1.77. The van der Waals surface area contributed by atoms with E-state index in [1.165, 1.54) is 29.3 Å². The Morgan fingerprint density at radius 3 is 3.05 bits per heavy atom. The van der Waals surface area contributed by atoms with Crippen LogP contribution in [0.3, 0.4) is 0 Å². The standard InChI is InChI=1S/C18H24N2O/c1-14-7-4-5-12-20(14)18(21)11-6-8-15-13-19-17-10-3-2-9-16(15)17/h2-3,9-10,13-14,19H,4-8,11-12H2,1H3/t14-/m0/s1. The lowest BCUT2D eigenvalue weighted by Crippen LogP contribution is -2.41. The molecule has 2 heterocycles. The van der Waals surface area contributed by atoms with E-state index in [2.05, 4.69) is 41.2 Å². The summed E-state index contributed by atoms with van der Waals surface area (Å²) in [7, 11) is 0. The summed E-state index contributed by atoms with van der Waals surface area (Å²) < 4.78 is 0. The minimum absolute atomic E-state index is 0.335. The highest BCUT2D eigenvalue weighted by atomic mass is 16.2. The molecular formula is C18H24N2O. The molecule has 3 heteroatoms. The molecule has 112 valence electrons. The highest BCUT2D eigenvalue weighted by Crippen LogP contribution is 2.21. The van der Waals surface area contributed by atoms with Crippen LogP contribution in [0.5, 0.6) is 0 Å². The molecule has 0 bridgehead atoms. The first-order valence-corrected chi connectivity index (χ1v) is 8.10. The summed E-state index contributed by atoms with van der Waals surface area (Å²) in [6, 6.07) is 8.79. The van der Waals surface area contributed by atoms with Gasteiger partial charge in [0.1, 0.15) is 0 Å². The Bertz CT molecular complexity index is 616. The third kappa shape index (κ3) is 3.12. The van der Waals surface area contributed by atoms with Crippen LogP contribution in [0.15, 0.2) is 30.5 Å². The summed E-state index contributed by atoms with van der Waals surface area (Å²) in [5.74, 6) is 0.335. The average Bonchev–Trinajstić information content (AvgIpc) is 2.91. The molecule has 1 saturated heterocycles. The highest BCUT2D eigenvalue weighted by molar-refractivity contribution is 5.83. The molecule has 0 saturated carbocycles. The fraction of sp³-hybridized carbons (Fsp3) is 0.500. The van der Waals surface area contributed by atoms with E-state index in [-0.39, 0.29) is 0 Å². The maximum Gasteiger partial charge on any atom is 0.222 e. The van der Waals surface area contributed by atoms with Gasteiger partial charge in [0.15, 0.2) is 0 Å². The molecule has 0 radical (unpaired) electrons. The van der Waals surface area contributed by atoms with Gasteiger partial charge in [-0.15, -0.1) is 0 Å². The molecule has 3 rings (SSSR count). The van der Waals surface area contributed by atoms with E-state index >= 15 is 0 Å². The SMILES string of the molecule is C[C@H]1CCCCN1C(=O)CCCc1c[nH]c2ccccc12. The van der Waals surface area contributed by atoms with Crippen LogP contribution in [0.4, 0.5) is 0 Å². The van der Waals surface area contributed by atoms with Gasteiger partial charge in [-0.1, -0.05) is 18.2 Å². The van der Waals surface area contributed by atoms with Gasteiger partial charge in [0.25, 0.3) is 0 Å². The quantitative estimate of drug-likeness (QED) is 0.908. The summed E-state index contributed by atoms with van der Waals surface area (Å²) in [5.41, 5.74) is 2.51. The molecule has 1 aliphatic rings. The highest BCUT2D eigenvalue weighted by Gasteiger charge is 2.22. The second-order valence-electron chi connectivity index (χ2n) is 6.14. The van der Waals surface area contributed by atoms with Crippen LogP contribution in [0.25, 0.3) is 10.9 Å². The van der Waals surface area contributed by atoms with Crippen LogP contribution >= 0.6 is 0 Å². The van der Waals surface area contributed by atoms with Gasteiger partial charge in [0.2, 0.25) is 5.91 Å². The van der Waals surface area contributed by atoms with Gasteiger partial charge in [0.05, 0.1) is 0 Å². The van der Waals surface area contributed by atoms with Crippen molar-refractivity contribution in [3.05, 3.63) is 36.0 Å². The summed E-state index contributed by atoms with van der Waals surface area (Å²) in [4.78, 5) is 17.7. The molecule has 1 aromatic carbocycles. The van der Waals surface area contributed by atoms with Crippen molar-refractivity contribution >= 4 is 16.8 Å². The molecule has 1 fully saturated rings. The summed E-state index contributed by atoms with van der Waals surface area (Å²) in [6.07, 6.45) is 8.25. The molecule has 0 aliphatic carbocycles. The van der Waals surface area contributed by atoms with Crippen molar-refractivity contribution in [1.82, 2.24) is 9.88 Å². The Kier molecular flexibility index (Phi) is 4.28. The van der Waals surface area contributed by atoms with E-state index in [0.29, 0.717) is 18.4 Å². The number of nitrogens with zero attached hydrogens (tertiary/aromatic N) is 1. The topological polar surface area (TPSA) is 36.1 Å². The number of rotatable bonds is 4. The molecule has 1 atom stereocenters. The number of nitrogens with one attached hydrogen (secondary N) is 1. The average molecular weight is 284 g/mol. The van der Waals surface area contributed by atoms with Crippen LogP contribution in [0, 0.1) is 0 Å². The van der Waals surface area contributed by atoms with Crippen LogP contribution in [-0.4, -0.2) is 28.4 Å². The summed E-state index contributed by atoms with van der Waals surface area (Å²) >= 11 is 0. The Balaban J connectivity index is 1.55. The second-order valence-corrected chi connectivity index (χ2v) is 6.14. The maximum absolute atomic E-state index is 12.3. The van der Waals surface area contributed by atoms with Crippen LogP contribution in [0.1, 0.15) is 44.6 Å². The molecule has 21 heavy (non-hydrogen) atoms. The van der Waals surface area contributed by atoms with Crippen LogP contribution in [-0.2, 0) is 11.2 Å². The maximum atomic E-state index is 12.3. The van der Waals surface area contributed by atoms with E-state index in [4.69, 9.17) is 0 Å². The molecule has 0 unspecified atom stereocenters. The van der Waals surface area contributed by atoms with Crippen molar-refractivity contribution in [2.45, 2.75) is 51.5 Å². The normalized spacial score (nSPS) is 19.1. The van der Waals surface area contributed by atoms with Gasteiger partial charge < -0.3 is 9.88 Å². The number of aryl methyl sites for hydroxylation is 1. The Morgan fingerprint density at radius 2 is 2.19 bits per heavy atom. The minimum Gasteiger partial charge on any atom is -0.361 e. The third-order valence-electron chi connectivity index (χ3n) is 4.63. The third-order valence-corrected chi connectivity index (χ3v) is 4.63. The number of hydrogen-bond acceptors (Lipinski definition) is 1. The lowest BCUT2D eigenvalue weighted by atomic mass is 10.0. The predicted molar refractivity (Wildman–Crippen MR) is 86.3 cm³/mol. The van der Waals surface area contributed by atoms with Gasteiger partial charge in [-0.25, -0.2) is 0 Å². The van der Waals surface area contributed by atoms with Crippen molar-refractivity contribution in [3.63, 3.8) is 0 Å². The van der Waals surface area contributed by atoms with E-state index in [0.717, 1.165) is 25.8 Å². The number of carbonyl (C=O) groups excluding carboxylic acids is 1. The molecule has 1 N–H and O–H groups in total. The number of H-pyrrole nitrogens is 1. The lowest BCUT2D eigenvalue weighted by Gasteiger charge is -2.33. The zero-order chi connectivity index (χ0) is 14.7. The van der Waals surface area contributed by atoms with Crippen molar-refractivity contribution in [2.24, 2.45) is 0 Å². The van der Waals surface area contributed by atoms with Gasteiger partial charge in [-0.05, 0) is 50.7 Å². The molecule has 1 amide bonds. The second kappa shape index (κ2) is 6.33. The van der Waals surface area contributed by atoms with E-state index in [1.54, 1.807) is 0 Å². The fourth-order valence-corrected chi connectivity index (χ4v) is 3.38. The van der Waals surface area contributed by atoms with Gasteiger partial charge in [-0.3, -0.25) is 4.79 Å². The van der Waals surface area contributed by atoms with Crippen molar-refractivity contribution in [3.8, 4) is 0 Å². The Morgan fingerprint density at radius 1 is 1.33 bits per heavy atom. The van der Waals surface area contributed by atoms with Crippen LogP contribution < -0.4 is 0 Å². The summed E-state index contributed by atoms with van der Waals surface area (Å²) in [6.45, 7) is 3.13. The van der Waals surface area contributed by atoms with E-state index in [9.17, 15) is 4.79 Å². The molecule has 1 aromatic heterocycles. The molecule has 2 aromatic rings. The molecule has 0 spiro atoms. The largest absolute Gasteiger partial charge is 0.361 e. The number of piperidine rings is 1. The zero-order valence-corrected chi connectivity index (χ0v) is 12.8. The number of benzene rings is 1. The number of aromatic amines is 1. The zero-order valence-electron chi connectivity index (χ0n) is 12.8. The molecule has 3 nitrogen and oxygen atoms in total. The Labute approximate surface area is 126 Å². The number of aromatic nitrogens is 1. The van der Waals surface area contributed by atoms with Crippen molar-refractivity contribution in [2.75, 3.05) is 6.54 Å². The number of amides is 1. The lowest BCUT2D eigenvalue weighted by molar-refractivity contribution is -0.134. The van der Waals surface area contributed by atoms with E-state index < -0.39 is 0 Å². The molecule has 1 aliphatic heterocycles. The first-order chi connectivity index (χ1) is 10.3. The fourth-order valence-electron chi connectivity index (χ4n) is 3.38. The van der Waals surface area contributed by atoms with Gasteiger partial charge >= 0.3 is 0 Å². The first-order valence-electron chi connectivity index (χ1n) is 8.10. The first kappa shape index (κ1) is 14.2. The van der Waals surface area contributed by atoms with Crippen molar-refractivity contribution in [1.29, 1.82) is 0 Å². The minimum atomic E-state index is 0.335. The number of carbonyl (C=O) groups is 1. The number of likely N-dealkylation sites (tertiary alicyclic amines) is 1. The van der Waals surface area contributed by atoms with Gasteiger partial charge in [0, 0.05) is 36.1 Å². The van der Waals surface area contributed by atoms with E-state index in [1.807, 2.05) is 6.07 Å². The smallest absolute Gasteiger partial charge is 0.222 e. The summed E-state index contributed by atoms with van der Waals surface area (Å²) in [5, 5.41) is 1.29. The predicted octanol–water partition coefficient (Wildman–Crippen LogP) is 3.89. The number of para-hydroxylation sites is 1. The number of fused-ring (bicyclic) bond motifs is 1. The molecular weight excluding hydrogens is 260 g/mol. The monoisotopic (exact) mass is 284 g/mol. The van der Waals surface area contributed by atoms with Gasteiger partial charge in [-0.2, -0.15) is 0 Å². The number of hydrogen-bond donors (Lipinski definition) is 1.